The Morgan fingerprint density at radius 1 is 1.23 bits per heavy atom. The lowest BCUT2D eigenvalue weighted by Gasteiger charge is -2.48. The highest BCUT2D eigenvalue weighted by Gasteiger charge is 2.44. The lowest BCUT2D eigenvalue weighted by Crippen LogP contribution is -2.65. The Kier molecular flexibility index (Phi) is 7.82. The molecule has 1 saturated heterocycles. The Labute approximate surface area is 188 Å². The van der Waals surface area contributed by atoms with Gasteiger partial charge in [0.2, 0.25) is 0 Å². The van der Waals surface area contributed by atoms with Crippen LogP contribution in [0.2, 0.25) is 0 Å². The largest absolute Gasteiger partial charge is 0.444 e. The normalized spacial score (nSPS) is 29.4. The van der Waals surface area contributed by atoms with E-state index >= 15 is 0 Å². The van der Waals surface area contributed by atoms with Crippen molar-refractivity contribution in [2.45, 2.75) is 94.9 Å². The molecule has 1 aliphatic heterocycles. The molecule has 1 heterocycles. The van der Waals surface area contributed by atoms with Crippen LogP contribution in [-0.4, -0.2) is 47.4 Å². The van der Waals surface area contributed by atoms with Crippen LogP contribution in [0.15, 0.2) is 43.0 Å². The third kappa shape index (κ3) is 6.33. The number of hydrogen-bond donors (Lipinski definition) is 1. The van der Waals surface area contributed by atoms with Crippen molar-refractivity contribution < 1.29 is 14.3 Å². The molecule has 0 bridgehead atoms. The Bertz CT molecular complexity index is 722. The smallest absolute Gasteiger partial charge is 0.410 e. The zero-order valence-electron chi connectivity index (χ0n) is 19.5. The van der Waals surface area contributed by atoms with E-state index in [1.807, 2.05) is 26.8 Å². The van der Waals surface area contributed by atoms with Crippen molar-refractivity contribution >= 4 is 6.09 Å². The van der Waals surface area contributed by atoms with Crippen molar-refractivity contribution in [1.82, 2.24) is 4.90 Å². The van der Waals surface area contributed by atoms with Gasteiger partial charge in [0.1, 0.15) is 5.60 Å². The SMILES string of the molecule is C=CC[C@]1(N)CCCN(C(=O)OC(C)(C)C)[C@H]1COC1CCC(c2ccccc2)CC1. The van der Waals surface area contributed by atoms with E-state index < -0.39 is 11.1 Å². The van der Waals surface area contributed by atoms with Crippen LogP contribution in [0.1, 0.15) is 77.2 Å². The van der Waals surface area contributed by atoms with Gasteiger partial charge in [-0.3, -0.25) is 0 Å². The lowest BCUT2D eigenvalue weighted by molar-refractivity contribution is -0.0533. The molecule has 31 heavy (non-hydrogen) atoms. The van der Waals surface area contributed by atoms with E-state index in [1.54, 1.807) is 4.90 Å². The maximum Gasteiger partial charge on any atom is 0.410 e. The fourth-order valence-corrected chi connectivity index (χ4v) is 5.03. The Morgan fingerprint density at radius 2 is 1.90 bits per heavy atom. The Morgan fingerprint density at radius 3 is 2.52 bits per heavy atom. The molecule has 0 aromatic heterocycles. The van der Waals surface area contributed by atoms with Gasteiger partial charge >= 0.3 is 6.09 Å². The summed E-state index contributed by atoms with van der Waals surface area (Å²) in [6, 6.07) is 10.6. The average molecular weight is 429 g/mol. The number of benzene rings is 1. The highest BCUT2D eigenvalue weighted by molar-refractivity contribution is 5.69. The summed E-state index contributed by atoms with van der Waals surface area (Å²) in [7, 11) is 0. The standard InChI is InChI=1S/C26H40N2O3/c1-5-16-26(27)17-9-18-28(24(29)31-25(2,3)4)23(26)19-30-22-14-12-21(13-15-22)20-10-7-6-8-11-20/h5-8,10-11,21-23H,1,9,12-19,27H2,2-4H3/t21?,22?,23-,26-/m0/s1. The highest BCUT2D eigenvalue weighted by Crippen LogP contribution is 2.35. The molecule has 2 aliphatic rings. The predicted octanol–water partition coefficient (Wildman–Crippen LogP) is 5.40. The molecule has 0 unspecified atom stereocenters. The molecular formula is C26H40N2O3. The second-order valence-electron chi connectivity index (χ2n) is 10.2. The Hall–Kier alpha value is -1.85. The van der Waals surface area contributed by atoms with Gasteiger partial charge in [0, 0.05) is 12.1 Å². The molecular weight excluding hydrogens is 388 g/mol. The van der Waals surface area contributed by atoms with Crippen LogP contribution in [0, 0.1) is 0 Å². The van der Waals surface area contributed by atoms with E-state index in [4.69, 9.17) is 15.2 Å². The number of carbonyl (C=O) groups excluding carboxylic acids is 1. The molecule has 0 spiro atoms. The van der Waals surface area contributed by atoms with Gasteiger partial charge in [-0.05, 0) is 77.2 Å². The van der Waals surface area contributed by atoms with Crippen molar-refractivity contribution in [3.63, 3.8) is 0 Å². The molecule has 1 amide bonds. The van der Waals surface area contributed by atoms with E-state index in [0.29, 0.717) is 25.5 Å². The number of hydrogen-bond acceptors (Lipinski definition) is 4. The average Bonchev–Trinajstić information content (AvgIpc) is 2.72. The molecule has 1 aliphatic carbocycles. The van der Waals surface area contributed by atoms with Gasteiger partial charge in [0.15, 0.2) is 0 Å². The van der Waals surface area contributed by atoms with Crippen molar-refractivity contribution in [1.29, 1.82) is 0 Å². The molecule has 172 valence electrons. The van der Waals surface area contributed by atoms with E-state index in [-0.39, 0.29) is 18.2 Å². The minimum atomic E-state index is -0.536. The quantitative estimate of drug-likeness (QED) is 0.616. The maximum atomic E-state index is 12.9. The van der Waals surface area contributed by atoms with Gasteiger partial charge in [-0.25, -0.2) is 4.79 Å². The molecule has 3 rings (SSSR count). The number of ether oxygens (including phenoxy) is 2. The van der Waals surface area contributed by atoms with Gasteiger partial charge in [0.25, 0.3) is 0 Å². The summed E-state index contributed by atoms with van der Waals surface area (Å²) in [4.78, 5) is 14.7. The maximum absolute atomic E-state index is 12.9. The van der Waals surface area contributed by atoms with Crippen LogP contribution in [0.3, 0.4) is 0 Å². The monoisotopic (exact) mass is 428 g/mol. The number of carbonyl (C=O) groups is 1. The fraction of sp³-hybridized carbons (Fsp3) is 0.654. The molecule has 0 radical (unpaired) electrons. The summed E-state index contributed by atoms with van der Waals surface area (Å²) in [5.41, 5.74) is 7.18. The molecule has 2 fully saturated rings. The summed E-state index contributed by atoms with van der Waals surface area (Å²) in [5.74, 6) is 0.614. The summed E-state index contributed by atoms with van der Waals surface area (Å²) < 4.78 is 12.1. The first-order valence-corrected chi connectivity index (χ1v) is 11.8. The predicted molar refractivity (Wildman–Crippen MR) is 125 cm³/mol. The molecule has 2 atom stereocenters. The van der Waals surface area contributed by atoms with Gasteiger partial charge in [-0.1, -0.05) is 36.4 Å². The van der Waals surface area contributed by atoms with Crippen LogP contribution >= 0.6 is 0 Å². The van der Waals surface area contributed by atoms with Crippen LogP contribution in [0.4, 0.5) is 4.79 Å². The zero-order valence-corrected chi connectivity index (χ0v) is 19.5. The lowest BCUT2D eigenvalue weighted by atomic mass is 9.79. The van der Waals surface area contributed by atoms with Crippen molar-refractivity contribution in [2.75, 3.05) is 13.2 Å². The number of nitrogens with zero attached hydrogens (tertiary/aromatic N) is 1. The van der Waals surface area contributed by atoms with Gasteiger partial charge in [-0.2, -0.15) is 0 Å². The highest BCUT2D eigenvalue weighted by atomic mass is 16.6. The molecule has 1 saturated carbocycles. The van der Waals surface area contributed by atoms with Gasteiger partial charge in [0.05, 0.1) is 18.8 Å². The summed E-state index contributed by atoms with van der Waals surface area (Å²) in [6.45, 7) is 10.7. The minimum absolute atomic E-state index is 0.207. The Balaban J connectivity index is 1.62. The molecule has 5 heteroatoms. The van der Waals surface area contributed by atoms with Gasteiger partial charge in [-0.15, -0.1) is 6.58 Å². The second-order valence-corrected chi connectivity index (χ2v) is 10.2. The van der Waals surface area contributed by atoms with Gasteiger partial charge < -0.3 is 20.1 Å². The van der Waals surface area contributed by atoms with Crippen molar-refractivity contribution in [2.24, 2.45) is 5.73 Å². The number of piperidine rings is 1. The van der Waals surface area contributed by atoms with E-state index in [2.05, 4.69) is 36.9 Å². The first-order chi connectivity index (χ1) is 14.7. The van der Waals surface area contributed by atoms with E-state index in [1.165, 1.54) is 5.56 Å². The first-order valence-electron chi connectivity index (χ1n) is 11.8. The van der Waals surface area contributed by atoms with Crippen molar-refractivity contribution in [3.05, 3.63) is 48.6 Å². The van der Waals surface area contributed by atoms with E-state index in [9.17, 15) is 4.79 Å². The number of nitrogens with two attached hydrogens (primary N) is 1. The zero-order chi connectivity index (χ0) is 22.5. The number of amides is 1. The van der Waals surface area contributed by atoms with E-state index in [0.717, 1.165) is 38.5 Å². The molecule has 2 N–H and O–H groups in total. The molecule has 5 nitrogen and oxygen atoms in total. The van der Waals surface area contributed by atoms with Crippen LogP contribution in [0.5, 0.6) is 0 Å². The van der Waals surface area contributed by atoms with Crippen LogP contribution < -0.4 is 5.73 Å². The van der Waals surface area contributed by atoms with Crippen LogP contribution in [-0.2, 0) is 9.47 Å². The topological polar surface area (TPSA) is 64.8 Å². The molecule has 1 aromatic carbocycles. The second kappa shape index (κ2) is 10.2. The summed E-state index contributed by atoms with van der Waals surface area (Å²) in [6.07, 6.45) is 8.50. The third-order valence-corrected chi connectivity index (χ3v) is 6.67. The fourth-order valence-electron chi connectivity index (χ4n) is 5.03. The first kappa shape index (κ1) is 23.8. The summed E-state index contributed by atoms with van der Waals surface area (Å²) >= 11 is 0. The molecule has 1 aromatic rings. The third-order valence-electron chi connectivity index (χ3n) is 6.67. The van der Waals surface area contributed by atoms with Crippen molar-refractivity contribution in [3.8, 4) is 0 Å². The summed E-state index contributed by atoms with van der Waals surface area (Å²) in [5, 5.41) is 0. The minimum Gasteiger partial charge on any atom is -0.444 e. The number of rotatable bonds is 6. The number of likely N-dealkylation sites (tertiary alicyclic amines) is 1. The van der Waals surface area contributed by atoms with Crippen LogP contribution in [0.25, 0.3) is 0 Å².